The van der Waals surface area contributed by atoms with Gasteiger partial charge in [0.05, 0.1) is 13.8 Å². The summed E-state index contributed by atoms with van der Waals surface area (Å²) in [7, 11) is -3.25. The van der Waals surface area contributed by atoms with Gasteiger partial charge in [0.2, 0.25) is 0 Å². The van der Waals surface area contributed by atoms with E-state index in [-0.39, 0.29) is 4.90 Å². The summed E-state index contributed by atoms with van der Waals surface area (Å²) in [5.41, 5.74) is 0. The van der Waals surface area contributed by atoms with Crippen LogP contribution in [-0.2, 0) is 9.84 Å². The van der Waals surface area contributed by atoms with Crippen molar-refractivity contribution >= 4 is 57.6 Å². The van der Waals surface area contributed by atoms with Gasteiger partial charge in [0.25, 0.3) is 0 Å². The second kappa shape index (κ2) is 3.96. The molecule has 1 aromatic rings. The molecule has 0 aromatic carbocycles. The van der Waals surface area contributed by atoms with Crippen molar-refractivity contribution in [2.45, 2.75) is 4.90 Å². The molecule has 0 radical (unpaired) electrons. The Morgan fingerprint density at radius 2 is 1.85 bits per heavy atom. The van der Waals surface area contributed by atoms with Crippen LogP contribution in [0, 0.1) is 0 Å². The first kappa shape index (κ1) is 11.6. The Hall–Kier alpha value is 0.540. The molecule has 0 aliphatic carbocycles. The van der Waals surface area contributed by atoms with Crippen molar-refractivity contribution in [3.63, 3.8) is 0 Å². The first-order chi connectivity index (χ1) is 5.84. The molecule has 0 amide bonds. The van der Waals surface area contributed by atoms with Gasteiger partial charge in [-0.05, 0) is 47.8 Å². The number of halogens is 3. The monoisotopic (exact) mass is 391 g/mol. The molecule has 1 heterocycles. The standard InChI is InChI=1S/C6H4Br3NO2S/c1-13(11,12)5-3(7)2-10-6(9)4(5)8/h2H,1H3. The van der Waals surface area contributed by atoms with Gasteiger partial charge in [-0.15, -0.1) is 0 Å². The SMILES string of the molecule is CS(=O)(=O)c1c(Br)cnc(Br)c1Br. The van der Waals surface area contributed by atoms with E-state index in [0.29, 0.717) is 13.5 Å². The van der Waals surface area contributed by atoms with Crippen LogP contribution >= 0.6 is 47.8 Å². The predicted octanol–water partition coefficient (Wildman–Crippen LogP) is 2.77. The van der Waals surface area contributed by atoms with Crippen LogP contribution in [0.15, 0.2) is 24.6 Å². The van der Waals surface area contributed by atoms with Crippen molar-refractivity contribution in [1.29, 1.82) is 0 Å². The van der Waals surface area contributed by atoms with Gasteiger partial charge in [0, 0.05) is 12.5 Å². The fourth-order valence-electron chi connectivity index (χ4n) is 0.767. The zero-order valence-corrected chi connectivity index (χ0v) is 12.0. The lowest BCUT2D eigenvalue weighted by Gasteiger charge is -2.05. The number of hydrogen-bond donors (Lipinski definition) is 0. The Labute approximate surface area is 101 Å². The zero-order valence-electron chi connectivity index (χ0n) is 6.38. The van der Waals surface area contributed by atoms with Crippen molar-refractivity contribution < 1.29 is 8.42 Å². The molecule has 3 nitrogen and oxygen atoms in total. The highest BCUT2D eigenvalue weighted by Gasteiger charge is 2.18. The lowest BCUT2D eigenvalue weighted by Crippen LogP contribution is -2.01. The largest absolute Gasteiger partial charge is 0.247 e. The summed E-state index contributed by atoms with van der Waals surface area (Å²) in [5.74, 6) is 0. The molecule has 72 valence electrons. The molecular weight excluding hydrogens is 390 g/mol. The van der Waals surface area contributed by atoms with Crippen LogP contribution in [0.1, 0.15) is 0 Å². The van der Waals surface area contributed by atoms with Crippen LogP contribution in [-0.4, -0.2) is 19.7 Å². The number of hydrogen-bond acceptors (Lipinski definition) is 3. The molecule has 0 N–H and O–H groups in total. The molecule has 7 heteroatoms. The first-order valence-electron chi connectivity index (χ1n) is 3.03. The minimum atomic E-state index is -3.25. The number of nitrogens with zero attached hydrogens (tertiary/aromatic N) is 1. The summed E-state index contributed by atoms with van der Waals surface area (Å²) in [5, 5.41) is 0. The van der Waals surface area contributed by atoms with E-state index in [9.17, 15) is 8.42 Å². The topological polar surface area (TPSA) is 47.0 Å². The Morgan fingerprint density at radius 1 is 1.31 bits per heavy atom. The van der Waals surface area contributed by atoms with Gasteiger partial charge in [-0.2, -0.15) is 0 Å². The van der Waals surface area contributed by atoms with E-state index in [2.05, 4.69) is 52.8 Å². The summed E-state index contributed by atoms with van der Waals surface area (Å²) < 4.78 is 24.0. The number of sulfone groups is 1. The molecule has 0 atom stereocenters. The molecule has 0 aliphatic heterocycles. The normalized spacial score (nSPS) is 11.7. The van der Waals surface area contributed by atoms with Gasteiger partial charge in [0.1, 0.15) is 4.60 Å². The Bertz CT molecular complexity index is 443. The minimum absolute atomic E-state index is 0.203. The summed E-state index contributed by atoms with van der Waals surface area (Å²) in [6.45, 7) is 0. The summed E-state index contributed by atoms with van der Waals surface area (Å²) in [6, 6.07) is 0. The maximum Gasteiger partial charge on any atom is 0.177 e. The van der Waals surface area contributed by atoms with E-state index in [0.717, 1.165) is 6.26 Å². The Balaban J connectivity index is 3.62. The van der Waals surface area contributed by atoms with Crippen LogP contribution in [0.25, 0.3) is 0 Å². The minimum Gasteiger partial charge on any atom is -0.247 e. The average Bonchev–Trinajstić information content (AvgIpc) is 1.95. The number of aromatic nitrogens is 1. The van der Waals surface area contributed by atoms with Gasteiger partial charge in [-0.25, -0.2) is 13.4 Å². The molecule has 1 aromatic heterocycles. The van der Waals surface area contributed by atoms with Crippen LogP contribution in [0.3, 0.4) is 0 Å². The molecule has 0 fully saturated rings. The van der Waals surface area contributed by atoms with Crippen LogP contribution < -0.4 is 0 Å². The molecule has 0 aliphatic rings. The van der Waals surface area contributed by atoms with Crippen molar-refractivity contribution in [1.82, 2.24) is 4.98 Å². The molecular formula is C6H4Br3NO2S. The fraction of sp³-hybridized carbons (Fsp3) is 0.167. The quantitative estimate of drug-likeness (QED) is 0.689. The fourth-order valence-corrected chi connectivity index (χ4v) is 4.67. The molecule has 0 saturated heterocycles. The maximum atomic E-state index is 11.3. The molecule has 0 bridgehead atoms. The second-order valence-corrected chi connectivity index (χ2v) is 6.66. The highest BCUT2D eigenvalue weighted by Crippen LogP contribution is 2.33. The van der Waals surface area contributed by atoms with Gasteiger partial charge >= 0.3 is 0 Å². The predicted molar refractivity (Wildman–Crippen MR) is 60.4 cm³/mol. The van der Waals surface area contributed by atoms with Crippen molar-refractivity contribution in [3.05, 3.63) is 19.7 Å². The van der Waals surface area contributed by atoms with Gasteiger partial charge in [-0.3, -0.25) is 0 Å². The van der Waals surface area contributed by atoms with E-state index < -0.39 is 9.84 Å². The van der Waals surface area contributed by atoms with E-state index in [4.69, 9.17) is 0 Å². The van der Waals surface area contributed by atoms with Crippen molar-refractivity contribution in [2.24, 2.45) is 0 Å². The second-order valence-electron chi connectivity index (χ2n) is 2.31. The average molecular weight is 394 g/mol. The molecule has 0 saturated carbocycles. The van der Waals surface area contributed by atoms with E-state index in [1.165, 1.54) is 6.20 Å². The van der Waals surface area contributed by atoms with Crippen LogP contribution in [0.4, 0.5) is 0 Å². The Morgan fingerprint density at radius 3 is 2.23 bits per heavy atom. The van der Waals surface area contributed by atoms with E-state index in [1.54, 1.807) is 0 Å². The lowest BCUT2D eigenvalue weighted by molar-refractivity contribution is 0.600. The van der Waals surface area contributed by atoms with Gasteiger partial charge in [-0.1, -0.05) is 0 Å². The number of pyridine rings is 1. The highest BCUT2D eigenvalue weighted by molar-refractivity contribution is 9.13. The van der Waals surface area contributed by atoms with E-state index >= 15 is 0 Å². The van der Waals surface area contributed by atoms with Crippen molar-refractivity contribution in [2.75, 3.05) is 6.26 Å². The highest BCUT2D eigenvalue weighted by atomic mass is 79.9. The van der Waals surface area contributed by atoms with Crippen molar-refractivity contribution in [3.8, 4) is 0 Å². The van der Waals surface area contributed by atoms with Crippen LogP contribution in [0.5, 0.6) is 0 Å². The lowest BCUT2D eigenvalue weighted by atomic mass is 10.5. The molecule has 13 heavy (non-hydrogen) atoms. The summed E-state index contributed by atoms with van der Waals surface area (Å²) in [4.78, 5) is 4.11. The zero-order chi connectivity index (χ0) is 10.2. The maximum absolute atomic E-state index is 11.3. The Kier molecular flexibility index (Phi) is 3.54. The van der Waals surface area contributed by atoms with Gasteiger partial charge < -0.3 is 0 Å². The third-order valence-electron chi connectivity index (χ3n) is 1.26. The third-order valence-corrected chi connectivity index (χ3v) is 5.46. The third kappa shape index (κ3) is 2.51. The number of rotatable bonds is 1. The summed E-state index contributed by atoms with van der Waals surface area (Å²) in [6.07, 6.45) is 2.58. The van der Waals surface area contributed by atoms with Crippen LogP contribution in [0.2, 0.25) is 0 Å². The first-order valence-corrected chi connectivity index (χ1v) is 7.30. The molecule has 0 unspecified atom stereocenters. The molecule has 0 spiro atoms. The molecule has 1 rings (SSSR count). The summed E-state index contributed by atoms with van der Waals surface area (Å²) >= 11 is 9.40. The smallest absolute Gasteiger partial charge is 0.177 e. The van der Waals surface area contributed by atoms with Gasteiger partial charge in [0.15, 0.2) is 9.84 Å². The van der Waals surface area contributed by atoms with E-state index in [1.807, 2.05) is 0 Å².